The van der Waals surface area contributed by atoms with Gasteiger partial charge in [0.25, 0.3) is 4.83 Å². The Kier molecular flexibility index (Phi) is 3.59. The fourth-order valence-corrected chi connectivity index (χ4v) is 5.33. The Bertz CT molecular complexity index is 1270. The van der Waals surface area contributed by atoms with Crippen molar-refractivity contribution >= 4 is 43.4 Å². The molecule has 8 heteroatoms. The van der Waals surface area contributed by atoms with Crippen LogP contribution in [0.25, 0.3) is 31.9 Å². The smallest absolute Gasteiger partial charge is 0.437 e. The molecule has 1 aliphatic rings. The number of nitrogens with zero attached hydrogens (tertiary/aromatic N) is 2. The van der Waals surface area contributed by atoms with Crippen LogP contribution in [0.5, 0.6) is 0 Å². The first-order chi connectivity index (χ1) is 13.6. The van der Waals surface area contributed by atoms with E-state index < -0.39 is 21.8 Å². The van der Waals surface area contributed by atoms with E-state index in [0.717, 1.165) is 5.56 Å². The number of benzene rings is 1. The molecule has 7 nitrogen and oxygen atoms in total. The number of hydrogen-bond acceptors (Lipinski definition) is 4. The lowest BCUT2D eigenvalue weighted by Crippen LogP contribution is -2.23. The maximum Gasteiger partial charge on any atom is 0.554 e. The highest BCUT2D eigenvalue weighted by Crippen LogP contribution is 2.54. The van der Waals surface area contributed by atoms with E-state index in [2.05, 4.69) is 20.6 Å². The van der Waals surface area contributed by atoms with Crippen LogP contribution in [0.4, 0.5) is 21.0 Å². The minimum Gasteiger partial charge on any atom is -0.437 e. The molecule has 1 unspecified atom stereocenters. The maximum absolute atomic E-state index is 12.3. The number of carbonyl (C=O) groups excluding carboxylic acids is 1. The van der Waals surface area contributed by atoms with Gasteiger partial charge in [0.05, 0.1) is 16.9 Å². The highest BCUT2D eigenvalue weighted by atomic mass is 32.2. The number of urea groups is 1. The normalized spacial score (nSPS) is 13.1. The quantitative estimate of drug-likeness (QED) is 0.418. The number of anilines is 2. The molecule has 3 N–H and O–H groups in total. The summed E-state index contributed by atoms with van der Waals surface area (Å²) in [6.07, 6.45) is 3.19. The van der Waals surface area contributed by atoms with Crippen molar-refractivity contribution in [3.8, 4) is 21.7 Å². The molecule has 0 saturated carbocycles. The minimum atomic E-state index is -1.35. The number of thiophene rings is 1. The molecule has 28 heavy (non-hydrogen) atoms. The number of rotatable bonds is 3. The van der Waals surface area contributed by atoms with Gasteiger partial charge in [-0.15, -0.1) is 0 Å². The summed E-state index contributed by atoms with van der Waals surface area (Å²) in [5.74, 6) is 0. The Labute approximate surface area is 161 Å². The predicted octanol–water partition coefficient (Wildman–Crippen LogP) is 5.20. The zero-order valence-corrected chi connectivity index (χ0v) is 15.2. The van der Waals surface area contributed by atoms with Crippen LogP contribution in [0.2, 0.25) is 0 Å². The predicted molar refractivity (Wildman–Crippen MR) is 109 cm³/mol. The van der Waals surface area contributed by atoms with Crippen LogP contribution < -0.4 is 10.6 Å². The monoisotopic (exact) mass is 389 g/mol. The number of aromatic nitrogens is 2. The molecular weight excluding hydrogens is 376 g/mol. The van der Waals surface area contributed by atoms with Crippen molar-refractivity contribution in [3.05, 3.63) is 60.9 Å². The van der Waals surface area contributed by atoms with Crippen molar-refractivity contribution < 1.29 is 14.7 Å². The molecule has 0 radical (unpaired) electrons. The van der Waals surface area contributed by atoms with Crippen molar-refractivity contribution in [1.29, 1.82) is 0 Å². The SMILES string of the molecule is O=C1Nc2ccnc3c2c(c(-c2cccnc2-c2ccccc2)[s+]3C(=O)O)N1. The Morgan fingerprint density at radius 2 is 1.79 bits per heavy atom. The molecular formula is C20H13N4O3S+. The molecule has 1 aliphatic heterocycles. The number of hydrogen-bond donors (Lipinski definition) is 3. The van der Waals surface area contributed by atoms with E-state index >= 15 is 0 Å². The van der Waals surface area contributed by atoms with E-state index in [1.165, 1.54) is 6.20 Å². The van der Waals surface area contributed by atoms with Crippen LogP contribution in [0.1, 0.15) is 0 Å². The summed E-state index contributed by atoms with van der Waals surface area (Å²) >= 11 is 0. The summed E-state index contributed by atoms with van der Waals surface area (Å²) in [6, 6.07) is 14.4. The molecule has 5 rings (SSSR count). The van der Waals surface area contributed by atoms with E-state index in [-0.39, 0.29) is 0 Å². The molecule has 3 aromatic heterocycles. The topological polar surface area (TPSA) is 104 Å². The summed E-state index contributed by atoms with van der Waals surface area (Å²) in [5, 5.41) is 15.2. The zero-order chi connectivity index (χ0) is 19.3. The second-order valence-electron chi connectivity index (χ2n) is 6.16. The van der Waals surface area contributed by atoms with Gasteiger partial charge in [-0.1, -0.05) is 30.3 Å². The fraction of sp³-hybridized carbons (Fsp3) is 0. The third-order valence-electron chi connectivity index (χ3n) is 4.55. The van der Waals surface area contributed by atoms with Gasteiger partial charge in [0.1, 0.15) is 21.5 Å². The van der Waals surface area contributed by atoms with Gasteiger partial charge in [-0.2, -0.15) is 4.79 Å². The number of carbonyl (C=O) groups is 2. The van der Waals surface area contributed by atoms with Crippen LogP contribution in [0, 0.1) is 0 Å². The van der Waals surface area contributed by atoms with Gasteiger partial charge in [-0.3, -0.25) is 4.98 Å². The van der Waals surface area contributed by atoms with Gasteiger partial charge in [0.15, 0.2) is 0 Å². The van der Waals surface area contributed by atoms with Gasteiger partial charge in [0.2, 0.25) is 4.88 Å². The Morgan fingerprint density at radius 1 is 0.964 bits per heavy atom. The number of carboxylic acid groups (broad SMARTS) is 1. The molecule has 4 aromatic rings. The molecule has 0 aliphatic carbocycles. The molecule has 1 atom stereocenters. The summed E-state index contributed by atoms with van der Waals surface area (Å²) in [4.78, 5) is 34.2. The minimum absolute atomic E-state index is 0.404. The Hall–Kier alpha value is -3.78. The average molecular weight is 389 g/mol. The van der Waals surface area contributed by atoms with Crippen LogP contribution >= 0.6 is 10.5 Å². The largest absolute Gasteiger partial charge is 0.554 e. The van der Waals surface area contributed by atoms with E-state index in [9.17, 15) is 14.7 Å². The van der Waals surface area contributed by atoms with Crippen molar-refractivity contribution in [2.75, 3.05) is 10.6 Å². The van der Waals surface area contributed by atoms with E-state index in [4.69, 9.17) is 0 Å². The average Bonchev–Trinajstić information content (AvgIpc) is 3.04. The standard InChI is InChI=1S/C20H12N4O3S/c25-19-23-13-8-10-22-18-14(13)16(24-19)17(28(18)20(26)27)12-7-4-9-21-15(12)11-5-2-1-3-6-11/h1-10H,(H2-,22,23,24,25,26,27)/p+1. The number of pyridine rings is 2. The highest BCUT2D eigenvalue weighted by molar-refractivity contribution is 7.57. The van der Waals surface area contributed by atoms with Crippen LogP contribution in [-0.2, 0) is 0 Å². The lowest BCUT2D eigenvalue weighted by molar-refractivity contribution is 0.221. The Balaban J connectivity index is 1.91. The lowest BCUT2D eigenvalue weighted by Gasteiger charge is -2.14. The van der Waals surface area contributed by atoms with Gasteiger partial charge in [-0.05, 0) is 18.2 Å². The van der Waals surface area contributed by atoms with Gasteiger partial charge >= 0.3 is 11.3 Å². The second-order valence-corrected chi connectivity index (χ2v) is 7.92. The summed E-state index contributed by atoms with van der Waals surface area (Å²) in [6.45, 7) is 0. The van der Waals surface area contributed by atoms with E-state index in [1.807, 2.05) is 36.4 Å². The zero-order valence-electron chi connectivity index (χ0n) is 14.3. The number of nitrogens with one attached hydrogen (secondary N) is 2. The second kappa shape index (κ2) is 6.14. The molecule has 2 amide bonds. The molecule has 0 spiro atoms. The molecule has 0 fully saturated rings. The Morgan fingerprint density at radius 3 is 2.57 bits per heavy atom. The molecule has 1 aromatic carbocycles. The number of amides is 2. The summed E-state index contributed by atoms with van der Waals surface area (Å²) in [5.41, 5.74) is 3.23. The van der Waals surface area contributed by atoms with Crippen LogP contribution in [-0.4, -0.2) is 26.4 Å². The van der Waals surface area contributed by atoms with Crippen LogP contribution in [0.15, 0.2) is 60.9 Å². The first-order valence-corrected chi connectivity index (χ1v) is 9.67. The molecule has 136 valence electrons. The van der Waals surface area contributed by atoms with E-state index in [1.54, 1.807) is 18.3 Å². The maximum atomic E-state index is 12.3. The summed E-state index contributed by atoms with van der Waals surface area (Å²) < 4.78 is 0. The first kappa shape index (κ1) is 16.4. The third kappa shape index (κ3) is 2.35. The third-order valence-corrected chi connectivity index (χ3v) is 6.43. The highest BCUT2D eigenvalue weighted by Gasteiger charge is 2.40. The van der Waals surface area contributed by atoms with Crippen molar-refractivity contribution in [2.24, 2.45) is 0 Å². The molecule has 0 bridgehead atoms. The van der Waals surface area contributed by atoms with Gasteiger partial charge < -0.3 is 15.7 Å². The van der Waals surface area contributed by atoms with E-state index in [0.29, 0.717) is 37.7 Å². The van der Waals surface area contributed by atoms with Crippen LogP contribution in [0.3, 0.4) is 0 Å². The first-order valence-electron chi connectivity index (χ1n) is 8.45. The molecule has 0 saturated heterocycles. The summed E-state index contributed by atoms with van der Waals surface area (Å²) in [7, 11) is -1.35. The lowest BCUT2D eigenvalue weighted by atomic mass is 10.0. The fourth-order valence-electron chi connectivity index (χ4n) is 3.47. The van der Waals surface area contributed by atoms with Crippen molar-refractivity contribution in [1.82, 2.24) is 9.97 Å². The van der Waals surface area contributed by atoms with Gasteiger partial charge in [-0.25, -0.2) is 9.78 Å². The van der Waals surface area contributed by atoms with Crippen molar-refractivity contribution in [3.63, 3.8) is 0 Å². The van der Waals surface area contributed by atoms with Gasteiger partial charge in [0, 0.05) is 18.0 Å². The molecule has 4 heterocycles. The van der Waals surface area contributed by atoms with Crippen molar-refractivity contribution in [2.45, 2.75) is 0 Å².